The van der Waals surface area contributed by atoms with Gasteiger partial charge in [0.2, 0.25) is 0 Å². The molecule has 1 unspecified atom stereocenters. The maximum absolute atomic E-state index is 12.0. The van der Waals surface area contributed by atoms with Crippen LogP contribution in [0.25, 0.3) is 0 Å². The van der Waals surface area contributed by atoms with E-state index < -0.39 is 0 Å². The minimum absolute atomic E-state index is 0.293. The molecule has 2 heteroatoms. The van der Waals surface area contributed by atoms with Gasteiger partial charge >= 0.3 is 0 Å². The third-order valence-corrected chi connectivity index (χ3v) is 3.41. The van der Waals surface area contributed by atoms with Gasteiger partial charge in [-0.05, 0) is 30.7 Å². The Morgan fingerprint density at radius 3 is 2.50 bits per heavy atom. The van der Waals surface area contributed by atoms with Crippen LogP contribution in [0.2, 0.25) is 0 Å². The highest BCUT2D eigenvalue weighted by Gasteiger charge is 2.18. The normalized spacial score (nSPS) is 13.8. The molecule has 1 aromatic rings. The van der Waals surface area contributed by atoms with Gasteiger partial charge in [-0.15, -0.1) is 11.3 Å². The minimum atomic E-state index is 0.293. The number of ketones is 1. The molecule has 1 aromatic heterocycles. The van der Waals surface area contributed by atoms with Crippen molar-refractivity contribution in [3.05, 3.63) is 21.9 Å². The molecule has 0 saturated carbocycles. The van der Waals surface area contributed by atoms with E-state index in [4.69, 9.17) is 0 Å². The van der Waals surface area contributed by atoms with E-state index in [1.54, 1.807) is 11.3 Å². The molecule has 1 atom stereocenters. The summed E-state index contributed by atoms with van der Waals surface area (Å²) in [5, 5.41) is 1.97. The predicted octanol–water partition coefficient (Wildman–Crippen LogP) is 4.70. The van der Waals surface area contributed by atoms with Gasteiger partial charge in [0.1, 0.15) is 0 Å². The van der Waals surface area contributed by atoms with Crippen molar-refractivity contribution in [2.24, 2.45) is 11.3 Å². The highest BCUT2D eigenvalue weighted by Crippen LogP contribution is 2.27. The average molecular weight is 238 g/mol. The summed E-state index contributed by atoms with van der Waals surface area (Å²) in [5.41, 5.74) is 1.20. The number of Topliss-reactive ketones (excluding diaryl/α,β-unsaturated/α-hetero) is 1. The summed E-state index contributed by atoms with van der Waals surface area (Å²) in [7, 11) is 0. The first-order valence-corrected chi connectivity index (χ1v) is 6.74. The maximum atomic E-state index is 12.0. The van der Waals surface area contributed by atoms with Crippen molar-refractivity contribution in [2.75, 3.05) is 0 Å². The molecular formula is C14H22OS. The summed E-state index contributed by atoms with van der Waals surface area (Å²) >= 11 is 1.65. The highest BCUT2D eigenvalue weighted by atomic mass is 32.1. The smallest absolute Gasteiger partial charge is 0.163 e. The van der Waals surface area contributed by atoms with Gasteiger partial charge in [0.25, 0.3) is 0 Å². The lowest BCUT2D eigenvalue weighted by atomic mass is 9.83. The number of rotatable bonds is 4. The second kappa shape index (κ2) is 5.13. The highest BCUT2D eigenvalue weighted by molar-refractivity contribution is 7.10. The van der Waals surface area contributed by atoms with Crippen LogP contribution in [0, 0.1) is 18.3 Å². The number of thiophene rings is 1. The first-order chi connectivity index (χ1) is 7.28. The molecule has 0 radical (unpaired) electrons. The molecule has 90 valence electrons. The summed E-state index contributed by atoms with van der Waals surface area (Å²) in [5.74, 6) is 0.758. The van der Waals surface area contributed by atoms with Gasteiger partial charge in [-0.25, -0.2) is 0 Å². The molecule has 0 spiro atoms. The van der Waals surface area contributed by atoms with Gasteiger partial charge in [0.05, 0.1) is 0 Å². The van der Waals surface area contributed by atoms with Gasteiger partial charge < -0.3 is 0 Å². The second-order valence-corrected chi connectivity index (χ2v) is 7.06. The third kappa shape index (κ3) is 4.48. The molecular weight excluding hydrogens is 216 g/mol. The Kier molecular flexibility index (Phi) is 4.31. The van der Waals surface area contributed by atoms with Crippen molar-refractivity contribution in [3.63, 3.8) is 0 Å². The molecule has 0 aliphatic carbocycles. The van der Waals surface area contributed by atoms with Crippen molar-refractivity contribution < 1.29 is 4.79 Å². The number of hydrogen-bond acceptors (Lipinski definition) is 2. The quantitative estimate of drug-likeness (QED) is 0.695. The average Bonchev–Trinajstić information content (AvgIpc) is 2.47. The van der Waals surface area contributed by atoms with Gasteiger partial charge in [-0.3, -0.25) is 4.79 Å². The van der Waals surface area contributed by atoms with Crippen LogP contribution in [0.15, 0.2) is 11.4 Å². The fraction of sp³-hybridized carbons (Fsp3) is 0.643. The maximum Gasteiger partial charge on any atom is 0.163 e. The molecule has 0 bridgehead atoms. The zero-order valence-electron chi connectivity index (χ0n) is 11.0. The Bertz CT molecular complexity index is 357. The van der Waals surface area contributed by atoms with E-state index >= 15 is 0 Å². The van der Waals surface area contributed by atoms with Crippen LogP contribution in [0.4, 0.5) is 0 Å². The van der Waals surface area contributed by atoms with E-state index in [1.165, 1.54) is 4.88 Å². The van der Waals surface area contributed by atoms with Crippen LogP contribution in [0.3, 0.4) is 0 Å². The van der Waals surface area contributed by atoms with Crippen molar-refractivity contribution in [1.82, 2.24) is 0 Å². The van der Waals surface area contributed by atoms with E-state index in [0.29, 0.717) is 23.5 Å². The van der Waals surface area contributed by atoms with Crippen LogP contribution < -0.4 is 0 Å². The zero-order valence-corrected chi connectivity index (χ0v) is 11.8. The molecule has 1 heterocycles. The fourth-order valence-corrected chi connectivity index (χ4v) is 2.85. The molecule has 0 aromatic carbocycles. The van der Waals surface area contributed by atoms with Crippen molar-refractivity contribution in [3.8, 4) is 0 Å². The van der Waals surface area contributed by atoms with Crippen molar-refractivity contribution >= 4 is 17.1 Å². The Hall–Kier alpha value is -0.630. The third-order valence-electron chi connectivity index (χ3n) is 2.55. The van der Waals surface area contributed by atoms with E-state index in [-0.39, 0.29) is 0 Å². The van der Waals surface area contributed by atoms with Crippen LogP contribution >= 0.6 is 11.3 Å². The SMILES string of the molecule is Cc1cc(C(=O)CC(C)CC(C)(C)C)cs1. The van der Waals surface area contributed by atoms with Crippen LogP contribution in [0.1, 0.15) is 55.8 Å². The first-order valence-electron chi connectivity index (χ1n) is 5.86. The molecule has 1 rings (SSSR count). The lowest BCUT2D eigenvalue weighted by molar-refractivity contribution is 0.0954. The van der Waals surface area contributed by atoms with Crippen molar-refractivity contribution in [1.29, 1.82) is 0 Å². The van der Waals surface area contributed by atoms with Crippen LogP contribution in [-0.2, 0) is 0 Å². The molecule has 1 nitrogen and oxygen atoms in total. The molecule has 0 N–H and O–H groups in total. The standard InChI is InChI=1S/C14H22OS/c1-10(8-14(3,4)5)6-13(15)12-7-11(2)16-9-12/h7,9-10H,6,8H2,1-5H3. The fourth-order valence-electron chi connectivity index (χ4n) is 2.14. The molecule has 0 aliphatic rings. The van der Waals surface area contributed by atoms with E-state index in [0.717, 1.165) is 12.0 Å². The number of carbonyl (C=O) groups is 1. The monoisotopic (exact) mass is 238 g/mol. The summed E-state index contributed by atoms with van der Waals surface area (Å²) in [6.45, 7) is 10.9. The molecule has 0 saturated heterocycles. The van der Waals surface area contributed by atoms with E-state index in [1.807, 2.05) is 18.4 Å². The number of aryl methyl sites for hydroxylation is 1. The van der Waals surface area contributed by atoms with Gasteiger partial charge in [0.15, 0.2) is 5.78 Å². The Morgan fingerprint density at radius 2 is 2.06 bits per heavy atom. The summed E-state index contributed by atoms with van der Waals surface area (Å²) in [6.07, 6.45) is 1.77. The van der Waals surface area contributed by atoms with Gasteiger partial charge in [-0.1, -0.05) is 27.7 Å². The summed E-state index contributed by atoms with van der Waals surface area (Å²) in [4.78, 5) is 13.2. The molecule has 0 aliphatic heterocycles. The Labute approximate surface area is 103 Å². The summed E-state index contributed by atoms with van der Waals surface area (Å²) < 4.78 is 0. The van der Waals surface area contributed by atoms with E-state index in [9.17, 15) is 4.79 Å². The number of carbonyl (C=O) groups excluding carboxylic acids is 1. The van der Waals surface area contributed by atoms with Gasteiger partial charge in [0, 0.05) is 22.2 Å². The predicted molar refractivity (Wildman–Crippen MR) is 71.2 cm³/mol. The molecule has 0 amide bonds. The second-order valence-electron chi connectivity index (χ2n) is 5.94. The Morgan fingerprint density at radius 1 is 1.44 bits per heavy atom. The Balaban J connectivity index is 2.52. The largest absolute Gasteiger partial charge is 0.294 e. The van der Waals surface area contributed by atoms with Gasteiger partial charge in [-0.2, -0.15) is 0 Å². The summed E-state index contributed by atoms with van der Waals surface area (Å²) in [6, 6.07) is 2.00. The van der Waals surface area contributed by atoms with Crippen LogP contribution in [0.5, 0.6) is 0 Å². The van der Waals surface area contributed by atoms with Crippen LogP contribution in [-0.4, -0.2) is 5.78 Å². The lowest BCUT2D eigenvalue weighted by Crippen LogP contribution is -2.14. The minimum Gasteiger partial charge on any atom is -0.294 e. The molecule has 0 fully saturated rings. The molecule has 16 heavy (non-hydrogen) atoms. The number of hydrogen-bond donors (Lipinski definition) is 0. The zero-order chi connectivity index (χ0) is 12.3. The lowest BCUT2D eigenvalue weighted by Gasteiger charge is -2.22. The first kappa shape index (κ1) is 13.4. The van der Waals surface area contributed by atoms with Crippen molar-refractivity contribution in [2.45, 2.75) is 47.5 Å². The topological polar surface area (TPSA) is 17.1 Å². The van der Waals surface area contributed by atoms with E-state index in [2.05, 4.69) is 27.7 Å².